The number of rotatable bonds is 18. The molecule has 0 radical (unpaired) electrons. The molecule has 1 amide bonds. The predicted octanol–water partition coefficient (Wildman–Crippen LogP) is 9.93. The van der Waals surface area contributed by atoms with Gasteiger partial charge in [-0.1, -0.05) is 73.5 Å². The molecule has 64 heavy (non-hydrogen) atoms. The Balaban J connectivity index is 1.21. The van der Waals surface area contributed by atoms with Crippen molar-refractivity contribution in [2.75, 3.05) is 50.8 Å². The summed E-state index contributed by atoms with van der Waals surface area (Å²) in [4.78, 5) is 17.3. The second-order valence-corrected chi connectivity index (χ2v) is 23.5. The molecule has 4 aromatic rings. The van der Waals surface area contributed by atoms with Crippen molar-refractivity contribution in [3.8, 4) is 0 Å². The maximum atomic E-state index is 14.6. The number of nitrogens with zero attached hydrogens (tertiary/aromatic N) is 2. The molecule has 0 bridgehead atoms. The van der Waals surface area contributed by atoms with E-state index in [0.29, 0.717) is 36.4 Å². The Morgan fingerprint density at radius 3 is 2.34 bits per heavy atom. The van der Waals surface area contributed by atoms with Crippen LogP contribution >= 0.6 is 35.0 Å². The Morgan fingerprint density at radius 2 is 1.69 bits per heavy atom. The van der Waals surface area contributed by atoms with Crippen molar-refractivity contribution >= 4 is 72.0 Å². The highest BCUT2D eigenvalue weighted by atomic mass is 35.5. The summed E-state index contributed by atoms with van der Waals surface area (Å²) in [6.07, 6.45) is 3.51. The zero-order valence-corrected chi connectivity index (χ0v) is 40.7. The number of alkyl halides is 3. The summed E-state index contributed by atoms with van der Waals surface area (Å²) in [5.41, 5.74) is 4.79. The first-order valence-corrected chi connectivity index (χ1v) is 26.0. The molecule has 6 rings (SSSR count). The normalized spacial score (nSPS) is 18.0. The molecule has 1 aliphatic carbocycles. The lowest BCUT2D eigenvalue weighted by Gasteiger charge is -2.40. The molecule has 1 unspecified atom stereocenters. The monoisotopic (exact) mass is 975 g/mol. The number of carbonyl (C=O) groups excluding carboxylic acids is 1. The Bertz CT molecular complexity index is 2510. The van der Waals surface area contributed by atoms with Crippen LogP contribution in [0.4, 0.5) is 14.5 Å². The third-order valence-corrected chi connectivity index (χ3v) is 16.9. The maximum Gasteiger partial charge on any atom is 0.427 e. The summed E-state index contributed by atoms with van der Waals surface area (Å²) < 4.78 is 80.5. The molecule has 17 heteroatoms. The van der Waals surface area contributed by atoms with E-state index in [4.69, 9.17) is 23.2 Å². The summed E-state index contributed by atoms with van der Waals surface area (Å²) >= 11 is 12.9. The minimum absolute atomic E-state index is 0.0289. The van der Waals surface area contributed by atoms with Gasteiger partial charge in [-0.15, -0.1) is 11.8 Å². The van der Waals surface area contributed by atoms with Crippen molar-refractivity contribution in [2.24, 2.45) is 5.41 Å². The van der Waals surface area contributed by atoms with Crippen LogP contribution in [0.2, 0.25) is 5.02 Å². The summed E-state index contributed by atoms with van der Waals surface area (Å²) in [5.74, 6) is -0.549. The average Bonchev–Trinajstić information content (AvgIpc) is 3.24. The van der Waals surface area contributed by atoms with E-state index in [9.17, 15) is 30.4 Å². The van der Waals surface area contributed by atoms with Gasteiger partial charge < -0.3 is 15.5 Å². The highest BCUT2D eigenvalue weighted by Gasteiger charge is 2.46. The summed E-state index contributed by atoms with van der Waals surface area (Å²) in [7, 11) is -8.46. The number of sulfone groups is 1. The van der Waals surface area contributed by atoms with Gasteiger partial charge in [-0.25, -0.2) is 21.6 Å². The van der Waals surface area contributed by atoms with Gasteiger partial charge in [0, 0.05) is 72.1 Å². The number of hydrogen-bond donors (Lipinski definition) is 3. The van der Waals surface area contributed by atoms with Crippen molar-refractivity contribution in [3.63, 3.8) is 0 Å². The van der Waals surface area contributed by atoms with Gasteiger partial charge in [-0.05, 0) is 135 Å². The molecule has 1 saturated heterocycles. The van der Waals surface area contributed by atoms with Crippen LogP contribution in [0.5, 0.6) is 0 Å². The van der Waals surface area contributed by atoms with Gasteiger partial charge in [0.25, 0.3) is 25.8 Å². The molecule has 4 aromatic carbocycles. The third-order valence-electron chi connectivity index (χ3n) is 12.0. The number of allylic oxidation sites excluding steroid dienone is 1. The van der Waals surface area contributed by atoms with Crippen molar-refractivity contribution < 1.29 is 30.4 Å². The zero-order chi connectivity index (χ0) is 46.5. The fourth-order valence-corrected chi connectivity index (χ4v) is 11.4. The molecular formula is C47H57Cl2F2N5O5S3. The first-order valence-electron chi connectivity index (χ1n) is 21.3. The molecule has 10 nitrogen and oxygen atoms in total. The number of amides is 1. The fraction of sp³-hybridized carbons (Fsp3) is 0.426. The first-order chi connectivity index (χ1) is 30.1. The van der Waals surface area contributed by atoms with Crippen LogP contribution in [0.3, 0.4) is 0 Å². The minimum atomic E-state index is -5.62. The van der Waals surface area contributed by atoms with Crippen LogP contribution in [-0.2, 0) is 19.9 Å². The van der Waals surface area contributed by atoms with Crippen LogP contribution in [0.15, 0.2) is 117 Å². The molecule has 1 fully saturated rings. The maximum absolute atomic E-state index is 14.6. The van der Waals surface area contributed by atoms with E-state index >= 15 is 0 Å². The van der Waals surface area contributed by atoms with E-state index < -0.39 is 46.3 Å². The quantitative estimate of drug-likeness (QED) is 0.0655. The Kier molecular flexibility index (Phi) is 16.3. The number of thioether (sulfide) groups is 1. The van der Waals surface area contributed by atoms with Crippen molar-refractivity contribution in [1.82, 2.24) is 19.8 Å². The van der Waals surface area contributed by atoms with Crippen LogP contribution in [0, 0.1) is 5.41 Å². The predicted molar refractivity (Wildman–Crippen MR) is 256 cm³/mol. The number of piperazine rings is 1. The van der Waals surface area contributed by atoms with E-state index in [1.54, 1.807) is 12.1 Å². The minimum Gasteiger partial charge on any atom is -0.380 e. The molecular weight excluding hydrogens is 920 g/mol. The average molecular weight is 977 g/mol. The molecule has 2 atom stereocenters. The smallest absolute Gasteiger partial charge is 0.380 e. The van der Waals surface area contributed by atoms with Gasteiger partial charge in [0.2, 0.25) is 0 Å². The molecule has 2 aliphatic rings. The molecule has 346 valence electrons. The van der Waals surface area contributed by atoms with Crippen molar-refractivity contribution in [3.05, 3.63) is 124 Å². The molecule has 0 saturated carbocycles. The van der Waals surface area contributed by atoms with Gasteiger partial charge in [-0.2, -0.15) is 8.78 Å². The summed E-state index contributed by atoms with van der Waals surface area (Å²) in [6.45, 7) is 12.3. The summed E-state index contributed by atoms with van der Waals surface area (Å²) in [6, 6.07) is 26.7. The fourth-order valence-electron chi connectivity index (χ4n) is 8.05. The zero-order valence-electron chi connectivity index (χ0n) is 36.7. The standard InChI is InChI=1S/C47H57Cl2F2N5O5S3/c1-32(2)55(5)25-22-38(31-62-39-9-7-6-8-10-39)53-42-20-19-40(27-44(42)63(58,59)47(49,50)51)64(60,61)54-45(57)35-13-11-34(12-14-35)43-29-52-24-26-56(43)30-36-28-46(3,4)23-21-41(36)33-15-17-37(48)18-16-33/h6-20,27,32,38,43,52-53H,21-26,28-31H2,1-5H3,(H,54,57)/t38-,43?/m1/s1. The number of nitrogens with one attached hydrogen (secondary N) is 3. The SMILES string of the molecule is CC(C)N(C)CC[C@H](CSc1ccccc1)Nc1ccc(S(=O)(=O)NC(=O)c2ccc(C3CNCCN3CC3=C(c4ccc(Cl)cc4)CCC(C)(C)C3)cc2)cc1S(=O)(=O)C(F)(F)Cl. The second-order valence-electron chi connectivity index (χ2n) is 17.6. The summed E-state index contributed by atoms with van der Waals surface area (Å²) in [5, 5.41) is 7.27. The van der Waals surface area contributed by atoms with Gasteiger partial charge >= 0.3 is 4.71 Å². The number of sulfonamides is 1. The molecule has 1 aliphatic heterocycles. The van der Waals surface area contributed by atoms with Crippen molar-refractivity contribution in [2.45, 2.75) is 90.9 Å². The largest absolute Gasteiger partial charge is 0.427 e. The molecule has 0 aromatic heterocycles. The molecule has 3 N–H and O–H groups in total. The van der Waals surface area contributed by atoms with Crippen LogP contribution in [0.25, 0.3) is 5.57 Å². The number of hydrogen-bond acceptors (Lipinski definition) is 10. The lowest BCUT2D eigenvalue weighted by Crippen LogP contribution is -2.47. The van der Waals surface area contributed by atoms with Gasteiger partial charge in [0.15, 0.2) is 0 Å². The van der Waals surface area contributed by atoms with Crippen LogP contribution in [0.1, 0.15) is 80.9 Å². The highest BCUT2D eigenvalue weighted by molar-refractivity contribution is 7.99. The topological polar surface area (TPSA) is 128 Å². The molecule has 0 spiro atoms. The first kappa shape index (κ1) is 49.9. The third kappa shape index (κ3) is 12.7. The lowest BCUT2D eigenvalue weighted by molar-refractivity contribution is 0.0981. The number of halogens is 4. The second kappa shape index (κ2) is 21.0. The van der Waals surface area contributed by atoms with E-state index in [1.807, 2.05) is 68.1 Å². The lowest BCUT2D eigenvalue weighted by atomic mass is 9.72. The number of benzene rings is 4. The number of carbonyl (C=O) groups is 1. The highest BCUT2D eigenvalue weighted by Crippen LogP contribution is 2.44. The van der Waals surface area contributed by atoms with Gasteiger partial charge in [-0.3, -0.25) is 9.69 Å². The van der Waals surface area contributed by atoms with Crippen LogP contribution in [-0.4, -0.2) is 94.9 Å². The van der Waals surface area contributed by atoms with E-state index in [0.717, 1.165) is 61.5 Å². The van der Waals surface area contributed by atoms with E-state index in [-0.39, 0.29) is 28.7 Å². The Morgan fingerprint density at radius 1 is 1.00 bits per heavy atom. The molecule has 1 heterocycles. The van der Waals surface area contributed by atoms with Crippen LogP contribution < -0.4 is 15.4 Å². The van der Waals surface area contributed by atoms with Gasteiger partial charge in [0.1, 0.15) is 0 Å². The Labute approximate surface area is 391 Å². The Hall–Kier alpha value is -3.54. The number of anilines is 1. The van der Waals surface area contributed by atoms with Gasteiger partial charge in [0.05, 0.1) is 15.5 Å². The van der Waals surface area contributed by atoms with E-state index in [2.05, 4.69) is 46.4 Å². The van der Waals surface area contributed by atoms with Crippen molar-refractivity contribution in [1.29, 1.82) is 0 Å². The van der Waals surface area contributed by atoms with E-state index in [1.165, 1.54) is 40.6 Å².